The molecule has 7 heteroatoms. The maximum Gasteiger partial charge on any atom is 0.418 e. The lowest BCUT2D eigenvalue weighted by Crippen LogP contribution is -2.10. The van der Waals surface area contributed by atoms with Crippen molar-refractivity contribution < 1.29 is 13.2 Å². The second kappa shape index (κ2) is 5.27. The molecule has 2 aromatic rings. The molecule has 18 heavy (non-hydrogen) atoms. The van der Waals surface area contributed by atoms with Crippen molar-refractivity contribution in [3.63, 3.8) is 0 Å². The summed E-state index contributed by atoms with van der Waals surface area (Å²) in [4.78, 5) is 4.75. The lowest BCUT2D eigenvalue weighted by molar-refractivity contribution is -0.137. The zero-order chi connectivity index (χ0) is 13.2. The molecule has 1 aromatic carbocycles. The lowest BCUT2D eigenvalue weighted by atomic mass is 10.1. The van der Waals surface area contributed by atoms with Gasteiger partial charge in [-0.05, 0) is 18.2 Å². The molecule has 2 nitrogen and oxygen atoms in total. The smallest absolute Gasteiger partial charge is 0.380 e. The van der Waals surface area contributed by atoms with Crippen LogP contribution in [-0.4, -0.2) is 4.98 Å². The third-order valence-electron chi connectivity index (χ3n) is 2.22. The standard InChI is InChI=1S/C11H8BrF3N2S/c12-7-1-2-9(11(13,14)15)10(3-7)17-5-8-4-16-6-18-8/h1-4,6,17H,5H2. The summed E-state index contributed by atoms with van der Waals surface area (Å²) in [6, 6.07) is 3.85. The Kier molecular flexibility index (Phi) is 3.91. The summed E-state index contributed by atoms with van der Waals surface area (Å²) in [5, 5.41) is 2.78. The van der Waals surface area contributed by atoms with Gasteiger partial charge in [0.1, 0.15) is 0 Å². The fourth-order valence-corrected chi connectivity index (χ4v) is 2.32. The van der Waals surface area contributed by atoms with E-state index < -0.39 is 11.7 Å². The number of rotatable bonds is 3. The number of nitrogens with one attached hydrogen (secondary N) is 1. The van der Waals surface area contributed by atoms with Crippen LogP contribution in [0.5, 0.6) is 0 Å². The zero-order valence-corrected chi connectivity index (χ0v) is 11.4. The Balaban J connectivity index is 2.23. The van der Waals surface area contributed by atoms with Crippen molar-refractivity contribution in [1.82, 2.24) is 4.98 Å². The SMILES string of the molecule is FC(F)(F)c1ccc(Br)cc1NCc1cncs1. The molecule has 2 rings (SSSR count). The first kappa shape index (κ1) is 13.4. The second-order valence-electron chi connectivity index (χ2n) is 3.51. The number of thiazole rings is 1. The molecule has 0 aliphatic carbocycles. The van der Waals surface area contributed by atoms with E-state index in [0.29, 0.717) is 11.0 Å². The normalized spacial score (nSPS) is 11.6. The molecular weight excluding hydrogens is 329 g/mol. The average molecular weight is 337 g/mol. The topological polar surface area (TPSA) is 24.9 Å². The number of hydrogen-bond donors (Lipinski definition) is 1. The van der Waals surface area contributed by atoms with Crippen molar-refractivity contribution in [2.75, 3.05) is 5.32 Å². The van der Waals surface area contributed by atoms with Crippen LogP contribution in [-0.2, 0) is 12.7 Å². The molecule has 0 saturated carbocycles. The minimum atomic E-state index is -4.36. The van der Waals surface area contributed by atoms with Crippen LogP contribution in [0.2, 0.25) is 0 Å². The molecule has 0 amide bonds. The van der Waals surface area contributed by atoms with Crippen molar-refractivity contribution in [2.24, 2.45) is 0 Å². The summed E-state index contributed by atoms with van der Waals surface area (Å²) in [7, 11) is 0. The van der Waals surface area contributed by atoms with Gasteiger partial charge < -0.3 is 5.32 Å². The minimum absolute atomic E-state index is 0.0604. The summed E-state index contributed by atoms with van der Waals surface area (Å²) in [5.74, 6) is 0. The predicted octanol–water partition coefficient (Wildman–Crippen LogP) is 4.54. The van der Waals surface area contributed by atoms with Crippen LogP contribution in [0.4, 0.5) is 18.9 Å². The van der Waals surface area contributed by atoms with Crippen molar-refractivity contribution >= 4 is 33.0 Å². The molecule has 0 radical (unpaired) electrons. The maximum absolute atomic E-state index is 12.8. The molecule has 0 unspecified atom stereocenters. The number of benzene rings is 1. The monoisotopic (exact) mass is 336 g/mol. The number of aromatic nitrogens is 1. The van der Waals surface area contributed by atoms with Crippen molar-refractivity contribution in [3.8, 4) is 0 Å². The van der Waals surface area contributed by atoms with E-state index in [9.17, 15) is 13.2 Å². The summed E-state index contributed by atoms with van der Waals surface area (Å²) >= 11 is 4.56. The highest BCUT2D eigenvalue weighted by Gasteiger charge is 2.33. The Bertz CT molecular complexity index is 526. The zero-order valence-electron chi connectivity index (χ0n) is 8.96. The highest BCUT2D eigenvalue weighted by molar-refractivity contribution is 9.10. The number of hydrogen-bond acceptors (Lipinski definition) is 3. The number of anilines is 1. The van der Waals surface area contributed by atoms with Gasteiger partial charge in [0.25, 0.3) is 0 Å². The third-order valence-corrected chi connectivity index (χ3v) is 3.50. The Morgan fingerprint density at radius 3 is 2.72 bits per heavy atom. The van der Waals surface area contributed by atoms with Gasteiger partial charge in [-0.1, -0.05) is 15.9 Å². The molecule has 1 aromatic heterocycles. The molecule has 1 heterocycles. The van der Waals surface area contributed by atoms with Crippen LogP contribution in [0.1, 0.15) is 10.4 Å². The minimum Gasteiger partial charge on any atom is -0.380 e. The predicted molar refractivity (Wildman–Crippen MR) is 68.6 cm³/mol. The van der Waals surface area contributed by atoms with Crippen molar-refractivity contribution in [3.05, 3.63) is 44.8 Å². The first-order valence-corrected chi connectivity index (χ1v) is 6.62. The Morgan fingerprint density at radius 1 is 1.33 bits per heavy atom. The van der Waals surface area contributed by atoms with Crippen LogP contribution in [0.3, 0.4) is 0 Å². The highest BCUT2D eigenvalue weighted by Crippen LogP contribution is 2.36. The molecule has 0 saturated heterocycles. The van der Waals surface area contributed by atoms with E-state index >= 15 is 0 Å². The first-order chi connectivity index (χ1) is 8.47. The summed E-state index contributed by atoms with van der Waals surface area (Å²) in [6.07, 6.45) is -2.74. The van der Waals surface area contributed by atoms with Crippen LogP contribution < -0.4 is 5.32 Å². The maximum atomic E-state index is 12.8. The molecule has 0 aliphatic rings. The molecule has 96 valence electrons. The average Bonchev–Trinajstić information content (AvgIpc) is 2.77. The van der Waals surface area contributed by atoms with Gasteiger partial charge in [-0.25, -0.2) is 0 Å². The fraction of sp³-hybridized carbons (Fsp3) is 0.182. The molecule has 0 bridgehead atoms. The van der Waals surface area contributed by atoms with E-state index in [1.165, 1.54) is 23.5 Å². The second-order valence-corrected chi connectivity index (χ2v) is 5.40. The van der Waals surface area contributed by atoms with E-state index in [4.69, 9.17) is 0 Å². The molecule has 0 spiro atoms. The van der Waals surface area contributed by atoms with Gasteiger partial charge >= 0.3 is 6.18 Å². The quantitative estimate of drug-likeness (QED) is 0.890. The van der Waals surface area contributed by atoms with Crippen LogP contribution in [0, 0.1) is 0 Å². The van der Waals surface area contributed by atoms with Gasteiger partial charge in [0.2, 0.25) is 0 Å². The number of halogens is 4. The van der Waals surface area contributed by atoms with E-state index in [1.807, 2.05) is 0 Å². The van der Waals surface area contributed by atoms with Crippen molar-refractivity contribution in [1.29, 1.82) is 0 Å². The van der Waals surface area contributed by atoms with E-state index in [0.717, 1.165) is 10.9 Å². The highest BCUT2D eigenvalue weighted by atomic mass is 79.9. The number of alkyl halides is 3. The van der Waals surface area contributed by atoms with Gasteiger partial charge in [-0.2, -0.15) is 13.2 Å². The van der Waals surface area contributed by atoms with Crippen LogP contribution in [0.25, 0.3) is 0 Å². The molecular formula is C11H8BrF3N2S. The largest absolute Gasteiger partial charge is 0.418 e. The molecule has 0 fully saturated rings. The molecule has 0 aliphatic heterocycles. The van der Waals surface area contributed by atoms with Crippen molar-refractivity contribution in [2.45, 2.75) is 12.7 Å². The van der Waals surface area contributed by atoms with Crippen LogP contribution >= 0.6 is 27.3 Å². The summed E-state index contributed by atoms with van der Waals surface area (Å²) in [5.41, 5.74) is 1.03. The van der Waals surface area contributed by atoms with E-state index in [1.54, 1.807) is 11.7 Å². The first-order valence-electron chi connectivity index (χ1n) is 4.95. The van der Waals surface area contributed by atoms with Gasteiger partial charge in [0, 0.05) is 21.2 Å². The van der Waals surface area contributed by atoms with Crippen LogP contribution in [0.15, 0.2) is 34.4 Å². The summed E-state index contributed by atoms with van der Waals surface area (Å²) < 4.78 is 38.9. The fourth-order valence-electron chi connectivity index (χ4n) is 1.42. The Morgan fingerprint density at radius 2 is 2.11 bits per heavy atom. The number of nitrogens with zero attached hydrogens (tertiary/aromatic N) is 1. The lowest BCUT2D eigenvalue weighted by Gasteiger charge is -2.14. The van der Waals surface area contributed by atoms with Gasteiger partial charge in [-0.15, -0.1) is 11.3 Å². The molecule has 0 atom stereocenters. The summed E-state index contributed by atoms with van der Waals surface area (Å²) in [6.45, 7) is 0.324. The Hall–Kier alpha value is -1.08. The van der Waals surface area contributed by atoms with Gasteiger partial charge in [-0.3, -0.25) is 4.98 Å². The molecule has 1 N–H and O–H groups in total. The third kappa shape index (κ3) is 3.23. The Labute approximate surface area is 114 Å². The van der Waals surface area contributed by atoms with Gasteiger partial charge in [0.05, 0.1) is 17.6 Å². The van der Waals surface area contributed by atoms with E-state index in [2.05, 4.69) is 26.2 Å². The van der Waals surface area contributed by atoms with Gasteiger partial charge in [0.15, 0.2) is 0 Å². The van der Waals surface area contributed by atoms with E-state index in [-0.39, 0.29) is 5.69 Å².